The second kappa shape index (κ2) is 9.65. The number of carbonyl (C=O) groups is 3. The Labute approximate surface area is 207 Å². The predicted molar refractivity (Wildman–Crippen MR) is 131 cm³/mol. The molecule has 0 radical (unpaired) electrons. The number of ketones is 1. The van der Waals surface area contributed by atoms with Crippen molar-refractivity contribution < 1.29 is 33.4 Å². The standard InChI is InChI=1S/C28H24FNO6/c1-15-5-9-20(13-16(15)2)30-25(18-6-10-21(11-7-18)36-17(3)31)24(27(33)28(30)34)26(32)22-14-19(29)8-12-23(22)35-4/h5-14,25,32H,1-4H3/b26-24+. The third-order valence-corrected chi connectivity index (χ3v) is 6.09. The number of halogens is 1. The van der Waals surface area contributed by atoms with E-state index < -0.39 is 35.3 Å². The van der Waals surface area contributed by atoms with Crippen molar-refractivity contribution in [3.8, 4) is 11.5 Å². The monoisotopic (exact) mass is 489 g/mol. The molecule has 0 spiro atoms. The fraction of sp³-hybridized carbons (Fsp3) is 0.179. The van der Waals surface area contributed by atoms with Crippen LogP contribution in [0.2, 0.25) is 0 Å². The number of carbonyl (C=O) groups excluding carboxylic acids is 3. The molecule has 1 amide bonds. The zero-order chi connectivity index (χ0) is 26.1. The fourth-order valence-electron chi connectivity index (χ4n) is 4.18. The lowest BCUT2D eigenvalue weighted by Crippen LogP contribution is -2.29. The van der Waals surface area contributed by atoms with Crippen molar-refractivity contribution in [3.05, 3.63) is 94.3 Å². The molecule has 0 aromatic heterocycles. The van der Waals surface area contributed by atoms with Crippen LogP contribution in [0.15, 0.2) is 66.2 Å². The van der Waals surface area contributed by atoms with Gasteiger partial charge in [-0.3, -0.25) is 19.3 Å². The molecule has 3 aromatic rings. The Kier molecular flexibility index (Phi) is 6.61. The zero-order valence-corrected chi connectivity index (χ0v) is 20.2. The largest absolute Gasteiger partial charge is 0.507 e. The summed E-state index contributed by atoms with van der Waals surface area (Å²) in [5.74, 6) is -3.07. The second-order valence-corrected chi connectivity index (χ2v) is 8.44. The molecule has 1 unspecified atom stereocenters. The number of benzene rings is 3. The first-order valence-electron chi connectivity index (χ1n) is 11.1. The van der Waals surface area contributed by atoms with E-state index in [0.29, 0.717) is 11.3 Å². The number of anilines is 1. The number of amides is 1. The molecule has 1 atom stereocenters. The van der Waals surface area contributed by atoms with E-state index >= 15 is 0 Å². The van der Waals surface area contributed by atoms with Gasteiger partial charge in [0, 0.05) is 12.6 Å². The van der Waals surface area contributed by atoms with Gasteiger partial charge < -0.3 is 14.6 Å². The summed E-state index contributed by atoms with van der Waals surface area (Å²) in [4.78, 5) is 39.3. The van der Waals surface area contributed by atoms with Crippen LogP contribution in [0.3, 0.4) is 0 Å². The molecule has 7 nitrogen and oxygen atoms in total. The Morgan fingerprint density at radius 3 is 2.28 bits per heavy atom. The number of aliphatic hydroxyl groups excluding tert-OH is 1. The molecule has 36 heavy (non-hydrogen) atoms. The fourth-order valence-corrected chi connectivity index (χ4v) is 4.18. The van der Waals surface area contributed by atoms with Crippen LogP contribution in [0.4, 0.5) is 10.1 Å². The van der Waals surface area contributed by atoms with Crippen LogP contribution in [-0.4, -0.2) is 29.9 Å². The number of hydrogen-bond donors (Lipinski definition) is 1. The lowest BCUT2D eigenvalue weighted by atomic mass is 9.94. The summed E-state index contributed by atoms with van der Waals surface area (Å²) in [6.45, 7) is 5.08. The number of esters is 1. The van der Waals surface area contributed by atoms with E-state index in [1.54, 1.807) is 24.3 Å². The average Bonchev–Trinajstić information content (AvgIpc) is 3.11. The number of Topliss-reactive ketones (excluding diaryl/α,β-unsaturated/α-hetero) is 1. The van der Waals surface area contributed by atoms with Crippen LogP contribution in [0, 0.1) is 19.7 Å². The molecule has 1 heterocycles. The van der Waals surface area contributed by atoms with E-state index in [1.807, 2.05) is 19.9 Å². The molecule has 0 bridgehead atoms. The molecule has 4 rings (SSSR count). The van der Waals surface area contributed by atoms with Gasteiger partial charge in [0.1, 0.15) is 23.1 Å². The lowest BCUT2D eigenvalue weighted by molar-refractivity contribution is -0.132. The summed E-state index contributed by atoms with van der Waals surface area (Å²) in [6, 6.07) is 14.1. The minimum absolute atomic E-state index is 0.0582. The molecule has 3 aromatic carbocycles. The molecule has 1 N–H and O–H groups in total. The number of nitrogens with zero attached hydrogens (tertiary/aromatic N) is 1. The van der Waals surface area contributed by atoms with Gasteiger partial charge >= 0.3 is 5.97 Å². The van der Waals surface area contributed by atoms with Crippen molar-refractivity contribution in [2.75, 3.05) is 12.0 Å². The average molecular weight is 489 g/mol. The number of aliphatic hydroxyl groups is 1. The third-order valence-electron chi connectivity index (χ3n) is 6.09. The van der Waals surface area contributed by atoms with Gasteiger partial charge in [0.05, 0.1) is 24.3 Å². The minimum Gasteiger partial charge on any atom is -0.507 e. The third kappa shape index (κ3) is 4.45. The number of hydrogen-bond acceptors (Lipinski definition) is 6. The van der Waals surface area contributed by atoms with E-state index in [2.05, 4.69) is 0 Å². The van der Waals surface area contributed by atoms with Gasteiger partial charge in [-0.2, -0.15) is 0 Å². The smallest absolute Gasteiger partial charge is 0.308 e. The molecular weight excluding hydrogens is 465 g/mol. The van der Waals surface area contributed by atoms with Gasteiger partial charge in [-0.05, 0) is 73.0 Å². The summed E-state index contributed by atoms with van der Waals surface area (Å²) >= 11 is 0. The molecular formula is C28H24FNO6. The minimum atomic E-state index is -1.04. The van der Waals surface area contributed by atoms with Crippen molar-refractivity contribution in [2.45, 2.75) is 26.8 Å². The molecule has 0 aliphatic carbocycles. The van der Waals surface area contributed by atoms with Gasteiger partial charge in [-0.15, -0.1) is 0 Å². The van der Waals surface area contributed by atoms with Crippen LogP contribution < -0.4 is 14.4 Å². The molecule has 1 aliphatic rings. The highest BCUT2D eigenvalue weighted by atomic mass is 19.1. The van der Waals surface area contributed by atoms with E-state index in [4.69, 9.17) is 9.47 Å². The Bertz CT molecular complexity index is 1410. The number of ether oxygens (including phenoxy) is 2. The van der Waals surface area contributed by atoms with E-state index in [9.17, 15) is 23.9 Å². The summed E-state index contributed by atoms with van der Waals surface area (Å²) in [7, 11) is 1.35. The Morgan fingerprint density at radius 2 is 1.67 bits per heavy atom. The first-order valence-corrected chi connectivity index (χ1v) is 11.1. The molecule has 0 saturated carbocycles. The SMILES string of the molecule is COc1ccc(F)cc1/C(O)=C1\C(=O)C(=O)N(c2ccc(C)c(C)c2)C1c1ccc(OC(C)=O)cc1. The maximum absolute atomic E-state index is 14.1. The van der Waals surface area contributed by atoms with E-state index in [-0.39, 0.29) is 22.6 Å². The van der Waals surface area contributed by atoms with Crippen molar-refractivity contribution in [3.63, 3.8) is 0 Å². The Morgan fingerprint density at radius 1 is 0.972 bits per heavy atom. The maximum Gasteiger partial charge on any atom is 0.308 e. The Balaban J connectivity index is 1.95. The number of methoxy groups -OCH3 is 1. The lowest BCUT2D eigenvalue weighted by Gasteiger charge is -2.26. The molecule has 184 valence electrons. The summed E-state index contributed by atoms with van der Waals surface area (Å²) < 4.78 is 24.5. The van der Waals surface area contributed by atoms with Crippen LogP contribution in [0.1, 0.15) is 35.2 Å². The van der Waals surface area contributed by atoms with Gasteiger partial charge in [0.25, 0.3) is 11.7 Å². The van der Waals surface area contributed by atoms with Gasteiger partial charge in [0.15, 0.2) is 0 Å². The Hall–Kier alpha value is -4.46. The number of rotatable bonds is 5. The molecule has 1 saturated heterocycles. The van der Waals surface area contributed by atoms with Crippen LogP contribution in [-0.2, 0) is 14.4 Å². The summed E-state index contributed by atoms with van der Waals surface area (Å²) in [6.07, 6.45) is 0. The quantitative estimate of drug-likeness (QED) is 0.178. The summed E-state index contributed by atoms with van der Waals surface area (Å²) in [5, 5.41) is 11.3. The van der Waals surface area contributed by atoms with Crippen LogP contribution >= 0.6 is 0 Å². The van der Waals surface area contributed by atoms with E-state index in [0.717, 1.165) is 23.3 Å². The maximum atomic E-state index is 14.1. The number of aryl methyl sites for hydroxylation is 2. The molecule has 8 heteroatoms. The van der Waals surface area contributed by atoms with Crippen molar-refractivity contribution in [1.29, 1.82) is 0 Å². The van der Waals surface area contributed by atoms with Crippen molar-refractivity contribution in [2.24, 2.45) is 0 Å². The predicted octanol–water partition coefficient (Wildman–Crippen LogP) is 5.00. The zero-order valence-electron chi connectivity index (χ0n) is 20.2. The first-order chi connectivity index (χ1) is 17.1. The van der Waals surface area contributed by atoms with Crippen LogP contribution in [0.5, 0.6) is 11.5 Å². The van der Waals surface area contributed by atoms with Crippen molar-refractivity contribution >= 4 is 29.1 Å². The van der Waals surface area contributed by atoms with Gasteiger partial charge in [-0.1, -0.05) is 18.2 Å². The highest BCUT2D eigenvalue weighted by Gasteiger charge is 2.47. The normalized spacial score (nSPS) is 16.8. The van der Waals surface area contributed by atoms with Gasteiger partial charge in [-0.25, -0.2) is 4.39 Å². The molecule has 1 fully saturated rings. The summed E-state index contributed by atoms with van der Waals surface area (Å²) in [5.41, 5.74) is 2.56. The topological polar surface area (TPSA) is 93.1 Å². The highest BCUT2D eigenvalue weighted by molar-refractivity contribution is 6.51. The highest BCUT2D eigenvalue weighted by Crippen LogP contribution is 2.44. The first kappa shape index (κ1) is 24.7. The molecule has 1 aliphatic heterocycles. The van der Waals surface area contributed by atoms with Crippen LogP contribution in [0.25, 0.3) is 5.76 Å². The second-order valence-electron chi connectivity index (χ2n) is 8.44. The van der Waals surface area contributed by atoms with Gasteiger partial charge in [0.2, 0.25) is 0 Å². The van der Waals surface area contributed by atoms with E-state index in [1.165, 1.54) is 37.1 Å². The van der Waals surface area contributed by atoms with Crippen molar-refractivity contribution in [1.82, 2.24) is 0 Å².